The molecule has 1 amide bonds. The first kappa shape index (κ1) is 134. The van der Waals surface area contributed by atoms with Gasteiger partial charge in [-0.3, -0.25) is 44.6 Å². The number of amides is 1. The molecule has 8 saturated heterocycles. The maximum Gasteiger partial charge on any atom is 0.326 e. The molecular weight excluding hydrogens is 1760 g/mol. The Kier molecular flexibility index (Phi) is 62.3. The minimum atomic E-state index is -1.02. The van der Waals surface area contributed by atoms with Crippen LogP contribution in [-0.2, 0) is 37.6 Å². The molecule has 0 bridgehead atoms. The van der Waals surface area contributed by atoms with Crippen LogP contribution in [0.4, 0.5) is 0 Å². The van der Waals surface area contributed by atoms with Gasteiger partial charge >= 0.3 is 17.9 Å². The number of carbonyl (C=O) groups is 4. The Morgan fingerprint density at radius 1 is 0.369 bits per heavy atom. The molecule has 141 heavy (non-hydrogen) atoms. The predicted molar refractivity (Wildman–Crippen MR) is 600 cm³/mol. The summed E-state index contributed by atoms with van der Waals surface area (Å²) in [6, 6.07) is 19.8. The minimum absolute atomic E-state index is 0.0774. The predicted octanol–water partition coefficient (Wildman–Crippen LogP) is 16.2. The second kappa shape index (κ2) is 65.6. The van der Waals surface area contributed by atoms with E-state index >= 15 is 0 Å². The van der Waals surface area contributed by atoms with Crippen molar-refractivity contribution in [2.24, 2.45) is 11.8 Å². The largest absolute Gasteiger partial charge is 0.480 e. The molecule has 3 aromatic rings. The van der Waals surface area contributed by atoms with Gasteiger partial charge in [0.1, 0.15) is 18.1 Å². The minimum Gasteiger partial charge on any atom is -0.480 e. The van der Waals surface area contributed by atoms with E-state index < -0.39 is 42.1 Å². The highest BCUT2D eigenvalue weighted by atomic mass is 16.4. The lowest BCUT2D eigenvalue weighted by molar-refractivity contribution is -0.142. The van der Waals surface area contributed by atoms with E-state index in [9.17, 15) is 24.3 Å². The van der Waals surface area contributed by atoms with Crippen molar-refractivity contribution in [3.8, 4) is 0 Å². The number of hydrogen-bond donors (Lipinski definition) is 13. The van der Waals surface area contributed by atoms with Crippen molar-refractivity contribution < 1.29 is 34.5 Å². The van der Waals surface area contributed by atoms with Crippen LogP contribution in [0.15, 0.2) is 79.4 Å². The molecule has 0 saturated carbocycles. The number of nitrogens with zero attached hydrogens (tertiary/aromatic N) is 10. The standard InChI is InChI=1S/C17H26N2O3.C14H28N2.C13H19NO2.2C10H22N2.2C9H20N2.C9H19NO2.2C8H18N2.C7H12N2/c1-11(2)15(18-12(3)4)16(20)19-14(17(21)22)10-13-8-6-5-7-9-13;1-14(2,3)16-11-7-13(8-12-16)15-9-5-4-6-10-15;1-13(2,3)14-11(12(15)16)9-10-7-5-4-6-8-10;1-10(2,3)11-9-5-7-12(4)8-6-9;1-10(2,3)12-7-5-6-11(4)8-9-12;1-9(2,3)11-7-5-10(4)6-8-11;1-9(2,3)11-8-4-6-10-7-5-8;1-6(2)7(8(11)12)10-9(3,4)5;1-8(2,3)10-6-4-9-5-7-10;1-8(2,3)10-7-4-5-9-6-7;1-7(2,3)9-5-4-8-6-9/h5-9,11-12,14-15,18H,10H2,1-4H3,(H,19,20)(H,21,22);13H,4-12H2,1-3H3;4-8,11,14H,9H2,1-3H3,(H,15,16);9,11H,5-8H2,1-4H3;5-9H2,1-4H3;5-8H2,1-4H3;8,10-11H,4-7H2,1-3H3;6-7,10H,1-5H3,(H,11,12);9H,4-7H2,1-3H3;7,9-10H,4-6H2,1-3H3;4-6H,1-3H3/t14-,15?;;;;;;;;;;/m0........../s1. The molecule has 11 rings (SSSR count). The molecule has 1 aromatic heterocycles. The summed E-state index contributed by atoms with van der Waals surface area (Å²) >= 11 is 0. The van der Waals surface area contributed by atoms with Gasteiger partial charge in [-0.05, 0) is 381 Å². The second-order valence-electron chi connectivity index (χ2n) is 51.8. The van der Waals surface area contributed by atoms with Crippen molar-refractivity contribution in [3.63, 3.8) is 0 Å². The number of aliphatic carboxylic acids is 3. The summed E-state index contributed by atoms with van der Waals surface area (Å²) in [5.41, 5.74) is 4.03. The number of piperazine rings is 2. The van der Waals surface area contributed by atoms with E-state index in [1.807, 2.05) is 156 Å². The van der Waals surface area contributed by atoms with Gasteiger partial charge in [0, 0.05) is 189 Å². The third-order valence-electron chi connectivity index (χ3n) is 25.9. The van der Waals surface area contributed by atoms with Gasteiger partial charge < -0.3 is 82.0 Å². The number of piperidine rings is 4. The van der Waals surface area contributed by atoms with E-state index in [1.165, 1.54) is 195 Å². The lowest BCUT2D eigenvalue weighted by Gasteiger charge is -2.44. The van der Waals surface area contributed by atoms with Gasteiger partial charge in [-0.2, -0.15) is 0 Å². The molecule has 8 aliphatic heterocycles. The van der Waals surface area contributed by atoms with Crippen molar-refractivity contribution in [1.29, 1.82) is 0 Å². The first-order valence-electron chi connectivity index (χ1n) is 54.5. The van der Waals surface area contributed by atoms with Crippen LogP contribution in [0.1, 0.15) is 331 Å². The van der Waals surface area contributed by atoms with E-state index in [2.05, 4.69) is 289 Å². The molecule has 8 fully saturated rings. The Bertz CT molecular complexity index is 3660. The molecule has 9 heterocycles. The Balaban J connectivity index is 0.000000783. The number of benzene rings is 2. The SMILES string of the molecule is CC(C)(C)N1CCC(N2CCCCC2)CC1.CC(C)(C)N1CCNCC1.CC(C)(C)NC(Cc1ccccc1)C(=O)O.CC(C)(C)NC1CCNC1.CC(C)(C)NC1CCNCC1.CC(C)(C)n1ccnc1.CC(C)C(NC(C)(C)C)C(=O)O.CC(C)NC(C(=O)N[C@@H](Cc1ccccc1)C(=O)O)C(C)C.CN1CCC(NC(C)(C)C)CC1.CN1CCCN(C(C)(C)C)CC1.CN1CCN(C(C)(C)C)CC1. The molecule has 822 valence electrons. The summed E-state index contributed by atoms with van der Waals surface area (Å²) in [5.74, 6) is -2.69. The Morgan fingerprint density at radius 2 is 0.745 bits per heavy atom. The van der Waals surface area contributed by atoms with Gasteiger partial charge in [-0.15, -0.1) is 0 Å². The van der Waals surface area contributed by atoms with E-state index in [0.29, 0.717) is 34.6 Å². The van der Waals surface area contributed by atoms with Gasteiger partial charge in [-0.1, -0.05) is 109 Å². The van der Waals surface area contributed by atoms with E-state index in [0.717, 1.165) is 48.9 Å². The summed E-state index contributed by atoms with van der Waals surface area (Å²) in [5, 5.41) is 60.2. The lowest BCUT2D eigenvalue weighted by atomic mass is 9.96. The van der Waals surface area contributed by atoms with Crippen LogP contribution in [0.2, 0.25) is 0 Å². The number of aromatic nitrogens is 2. The van der Waals surface area contributed by atoms with Gasteiger partial charge in [-0.25, -0.2) is 9.78 Å². The molecule has 4 unspecified atom stereocenters. The number of likely N-dealkylation sites (N-methyl/N-ethyl adjacent to an activating group) is 2. The number of hydrogen-bond acceptors (Lipinski definition) is 22. The highest BCUT2D eigenvalue weighted by molar-refractivity contribution is 5.87. The van der Waals surface area contributed by atoms with Crippen LogP contribution in [0.25, 0.3) is 0 Å². The van der Waals surface area contributed by atoms with E-state index in [-0.39, 0.29) is 63.4 Å². The summed E-state index contributed by atoms with van der Waals surface area (Å²) in [4.78, 5) is 69.9. The molecule has 13 N–H and O–H groups in total. The normalized spacial score (nSPS) is 20.0. The summed E-state index contributed by atoms with van der Waals surface area (Å²) in [6.07, 6.45) is 21.2. The zero-order valence-electron chi connectivity index (χ0n) is 98.1. The zero-order valence-corrected chi connectivity index (χ0v) is 98.1. The fraction of sp³-hybridized carbons (Fsp3) is 0.833. The van der Waals surface area contributed by atoms with Crippen LogP contribution in [-0.4, -0.2) is 357 Å². The Labute approximate surface area is 865 Å². The zero-order chi connectivity index (χ0) is 108. The number of carboxylic acids is 3. The van der Waals surface area contributed by atoms with Gasteiger partial charge in [0.2, 0.25) is 5.91 Å². The second-order valence-corrected chi connectivity index (χ2v) is 51.8. The summed E-state index contributed by atoms with van der Waals surface area (Å²) in [6.45, 7) is 105. The quantitative estimate of drug-likeness (QED) is 0.0531. The third kappa shape index (κ3) is 66.7. The van der Waals surface area contributed by atoms with Crippen molar-refractivity contribution in [2.45, 2.75) is 442 Å². The first-order chi connectivity index (χ1) is 64.8. The smallest absolute Gasteiger partial charge is 0.326 e. The molecule has 8 aliphatic rings. The number of carboxylic acid groups (broad SMARTS) is 3. The van der Waals surface area contributed by atoms with Gasteiger partial charge in [0.15, 0.2) is 0 Å². The Hall–Kier alpha value is -5.15. The van der Waals surface area contributed by atoms with Crippen molar-refractivity contribution in [3.05, 3.63) is 90.5 Å². The molecule has 27 heteroatoms. The molecule has 2 aromatic carbocycles. The average Bonchev–Trinajstić information content (AvgIpc) is 1.78. The van der Waals surface area contributed by atoms with E-state index in [1.54, 1.807) is 6.20 Å². The molecule has 0 spiro atoms. The fourth-order valence-electron chi connectivity index (χ4n) is 17.9. The topological polar surface area (TPSA) is 293 Å². The van der Waals surface area contributed by atoms with Crippen LogP contribution in [0.5, 0.6) is 0 Å². The highest BCUT2D eigenvalue weighted by Gasteiger charge is 2.35. The first-order valence-corrected chi connectivity index (χ1v) is 54.5. The van der Waals surface area contributed by atoms with Crippen molar-refractivity contribution >= 4 is 23.8 Å². The molecular formula is C114H224N20O7. The number of rotatable bonds is 19. The van der Waals surface area contributed by atoms with Crippen molar-refractivity contribution in [1.82, 2.24) is 102 Å². The maximum atomic E-state index is 12.4. The number of imidazole rings is 1. The number of likely N-dealkylation sites (tertiary alicyclic amines) is 3. The summed E-state index contributed by atoms with van der Waals surface area (Å²) < 4.78 is 2.08. The van der Waals surface area contributed by atoms with Crippen LogP contribution >= 0.6 is 0 Å². The lowest BCUT2D eigenvalue weighted by Crippen LogP contribution is -2.54. The number of carbonyl (C=O) groups excluding carboxylic acids is 1. The monoisotopic (exact) mass is 1990 g/mol. The van der Waals surface area contributed by atoms with E-state index in [4.69, 9.17) is 10.2 Å². The number of nitrogens with one attached hydrogen (secondary N) is 10. The van der Waals surface area contributed by atoms with Gasteiger partial charge in [0.25, 0.3) is 0 Å². The van der Waals surface area contributed by atoms with Crippen LogP contribution in [0, 0.1) is 11.8 Å². The average molecular weight is 1990 g/mol. The van der Waals surface area contributed by atoms with Crippen LogP contribution in [0.3, 0.4) is 0 Å². The third-order valence-corrected chi connectivity index (χ3v) is 25.9. The van der Waals surface area contributed by atoms with Crippen LogP contribution < -0.4 is 53.2 Å². The maximum absolute atomic E-state index is 12.4. The highest BCUT2D eigenvalue weighted by Crippen LogP contribution is 2.27. The fourth-order valence-corrected chi connectivity index (χ4v) is 17.9. The van der Waals surface area contributed by atoms with Crippen molar-refractivity contribution in [2.75, 3.05) is 165 Å². The van der Waals surface area contributed by atoms with Gasteiger partial charge in [0.05, 0.1) is 12.4 Å². The molecule has 0 radical (unpaired) electrons. The summed E-state index contributed by atoms with van der Waals surface area (Å²) in [7, 11) is 6.61. The molecule has 5 atom stereocenters. The molecule has 27 nitrogen and oxygen atoms in total. The Morgan fingerprint density at radius 3 is 1.09 bits per heavy atom. The molecule has 0 aliphatic carbocycles.